The molecule has 1 saturated heterocycles. The molecule has 0 unspecified atom stereocenters. The quantitative estimate of drug-likeness (QED) is 0.807. The van der Waals surface area contributed by atoms with Crippen molar-refractivity contribution in [3.8, 4) is 0 Å². The number of nitrogens with zero attached hydrogens (tertiary/aromatic N) is 2. The molecule has 1 fully saturated rings. The Morgan fingerprint density at radius 1 is 0.963 bits per heavy atom. The predicted octanol–water partition coefficient (Wildman–Crippen LogP) is 3.96. The largest absolute Gasteiger partial charge is 0.325 e. The van der Waals surface area contributed by atoms with Crippen molar-refractivity contribution < 1.29 is 4.79 Å². The molecular formula is C23H31N3O. The van der Waals surface area contributed by atoms with Crippen molar-refractivity contribution in [1.29, 1.82) is 0 Å². The van der Waals surface area contributed by atoms with Crippen LogP contribution in [0.5, 0.6) is 0 Å². The lowest BCUT2D eigenvalue weighted by atomic mass is 9.97. The first-order valence-corrected chi connectivity index (χ1v) is 10.0. The van der Waals surface area contributed by atoms with Gasteiger partial charge in [0, 0.05) is 38.4 Å². The Balaban J connectivity index is 1.47. The standard InChI is InChI=1S/C23H31N3O/c1-3-19(2)21-11-7-8-12-22(21)24-23(27)18-26-15-13-25(14-16-26)17-20-9-5-4-6-10-20/h4-12,19H,3,13-18H2,1-2H3,(H,24,27)/t19-/m0/s1. The summed E-state index contributed by atoms with van der Waals surface area (Å²) in [7, 11) is 0. The summed E-state index contributed by atoms with van der Waals surface area (Å²) in [5.74, 6) is 0.533. The fourth-order valence-corrected chi connectivity index (χ4v) is 3.60. The molecule has 1 amide bonds. The van der Waals surface area contributed by atoms with Gasteiger partial charge >= 0.3 is 0 Å². The molecule has 0 saturated carbocycles. The number of para-hydroxylation sites is 1. The number of piperazine rings is 1. The predicted molar refractivity (Wildman–Crippen MR) is 112 cm³/mol. The molecule has 0 spiro atoms. The summed E-state index contributed by atoms with van der Waals surface area (Å²) in [5.41, 5.74) is 3.53. The molecule has 0 bridgehead atoms. The van der Waals surface area contributed by atoms with Crippen LogP contribution >= 0.6 is 0 Å². The van der Waals surface area contributed by atoms with Crippen LogP contribution in [-0.2, 0) is 11.3 Å². The number of nitrogens with one attached hydrogen (secondary N) is 1. The Morgan fingerprint density at radius 3 is 2.30 bits per heavy atom. The Morgan fingerprint density at radius 2 is 1.59 bits per heavy atom. The van der Waals surface area contributed by atoms with E-state index in [2.05, 4.69) is 65.4 Å². The molecule has 4 heteroatoms. The maximum atomic E-state index is 12.5. The van der Waals surface area contributed by atoms with Crippen molar-refractivity contribution in [1.82, 2.24) is 9.80 Å². The molecule has 1 atom stereocenters. The molecule has 0 aliphatic carbocycles. The second kappa shape index (κ2) is 9.67. The SMILES string of the molecule is CC[C@H](C)c1ccccc1NC(=O)CN1CCN(Cc2ccccc2)CC1. The highest BCUT2D eigenvalue weighted by Gasteiger charge is 2.19. The molecule has 1 N–H and O–H groups in total. The number of rotatable bonds is 7. The fourth-order valence-electron chi connectivity index (χ4n) is 3.60. The third kappa shape index (κ3) is 5.65. The van der Waals surface area contributed by atoms with Gasteiger partial charge in [-0.1, -0.05) is 62.4 Å². The van der Waals surface area contributed by atoms with E-state index in [0.717, 1.165) is 44.8 Å². The van der Waals surface area contributed by atoms with Crippen molar-refractivity contribution in [2.24, 2.45) is 0 Å². The first kappa shape index (κ1) is 19.6. The van der Waals surface area contributed by atoms with Gasteiger partial charge in [-0.05, 0) is 29.5 Å². The molecule has 3 rings (SSSR count). The zero-order valence-electron chi connectivity index (χ0n) is 16.5. The van der Waals surface area contributed by atoms with E-state index in [-0.39, 0.29) is 5.91 Å². The summed E-state index contributed by atoms with van der Waals surface area (Å²) < 4.78 is 0. The maximum absolute atomic E-state index is 12.5. The number of hydrogen-bond acceptors (Lipinski definition) is 3. The van der Waals surface area contributed by atoms with Crippen molar-refractivity contribution in [3.05, 3.63) is 65.7 Å². The van der Waals surface area contributed by atoms with Crippen LogP contribution in [-0.4, -0.2) is 48.4 Å². The van der Waals surface area contributed by atoms with Gasteiger partial charge < -0.3 is 5.32 Å². The molecule has 2 aromatic rings. The Kier molecular flexibility index (Phi) is 7.02. The summed E-state index contributed by atoms with van der Waals surface area (Å²) in [6, 6.07) is 18.7. The van der Waals surface area contributed by atoms with E-state index in [1.165, 1.54) is 11.1 Å². The van der Waals surface area contributed by atoms with E-state index in [4.69, 9.17) is 0 Å². The molecule has 1 aliphatic heterocycles. The molecule has 0 aromatic heterocycles. The average molecular weight is 366 g/mol. The summed E-state index contributed by atoms with van der Waals surface area (Å²) in [5, 5.41) is 3.13. The smallest absolute Gasteiger partial charge is 0.238 e. The highest BCUT2D eigenvalue weighted by molar-refractivity contribution is 5.93. The third-order valence-corrected chi connectivity index (χ3v) is 5.46. The van der Waals surface area contributed by atoms with E-state index in [1.54, 1.807) is 0 Å². The second-order valence-electron chi connectivity index (χ2n) is 7.48. The monoisotopic (exact) mass is 365 g/mol. The van der Waals surface area contributed by atoms with Crippen LogP contribution < -0.4 is 5.32 Å². The van der Waals surface area contributed by atoms with Gasteiger partial charge in [-0.2, -0.15) is 0 Å². The van der Waals surface area contributed by atoms with Gasteiger partial charge in [-0.3, -0.25) is 14.6 Å². The van der Waals surface area contributed by atoms with Crippen LogP contribution in [0.4, 0.5) is 5.69 Å². The van der Waals surface area contributed by atoms with E-state index in [0.29, 0.717) is 12.5 Å². The van der Waals surface area contributed by atoms with Crippen LogP contribution in [0, 0.1) is 0 Å². The Labute approximate surface area is 163 Å². The molecule has 144 valence electrons. The first-order chi connectivity index (χ1) is 13.2. The van der Waals surface area contributed by atoms with Crippen LogP contribution in [0.2, 0.25) is 0 Å². The van der Waals surface area contributed by atoms with E-state index >= 15 is 0 Å². The summed E-state index contributed by atoms with van der Waals surface area (Å²) in [6.45, 7) is 9.73. The number of carbonyl (C=O) groups excluding carboxylic acids is 1. The zero-order chi connectivity index (χ0) is 19.1. The molecular weight excluding hydrogens is 334 g/mol. The number of carbonyl (C=O) groups is 1. The van der Waals surface area contributed by atoms with Gasteiger partial charge in [0.1, 0.15) is 0 Å². The van der Waals surface area contributed by atoms with Crippen LogP contribution in [0.3, 0.4) is 0 Å². The van der Waals surface area contributed by atoms with E-state index < -0.39 is 0 Å². The normalized spacial score (nSPS) is 16.8. The second-order valence-corrected chi connectivity index (χ2v) is 7.48. The van der Waals surface area contributed by atoms with Gasteiger partial charge in [0.25, 0.3) is 0 Å². The molecule has 27 heavy (non-hydrogen) atoms. The lowest BCUT2D eigenvalue weighted by molar-refractivity contribution is -0.117. The summed E-state index contributed by atoms with van der Waals surface area (Å²) >= 11 is 0. The van der Waals surface area contributed by atoms with Crippen LogP contribution in [0.1, 0.15) is 37.3 Å². The topological polar surface area (TPSA) is 35.6 Å². The minimum atomic E-state index is 0.0854. The number of amides is 1. The minimum Gasteiger partial charge on any atom is -0.325 e. The van der Waals surface area contributed by atoms with Crippen molar-refractivity contribution in [2.75, 3.05) is 38.0 Å². The zero-order valence-corrected chi connectivity index (χ0v) is 16.5. The fraction of sp³-hybridized carbons (Fsp3) is 0.435. The highest BCUT2D eigenvalue weighted by Crippen LogP contribution is 2.26. The van der Waals surface area contributed by atoms with Gasteiger partial charge in [0.2, 0.25) is 5.91 Å². The maximum Gasteiger partial charge on any atom is 0.238 e. The first-order valence-electron chi connectivity index (χ1n) is 10.0. The van der Waals surface area contributed by atoms with E-state index in [1.807, 2.05) is 18.2 Å². The van der Waals surface area contributed by atoms with Crippen molar-refractivity contribution in [3.63, 3.8) is 0 Å². The Hall–Kier alpha value is -2.17. The van der Waals surface area contributed by atoms with Gasteiger partial charge in [-0.15, -0.1) is 0 Å². The molecule has 4 nitrogen and oxygen atoms in total. The van der Waals surface area contributed by atoms with Crippen LogP contribution in [0.25, 0.3) is 0 Å². The molecule has 1 aliphatic rings. The number of benzene rings is 2. The lowest BCUT2D eigenvalue weighted by Gasteiger charge is -2.34. The lowest BCUT2D eigenvalue weighted by Crippen LogP contribution is -2.48. The van der Waals surface area contributed by atoms with Crippen LogP contribution in [0.15, 0.2) is 54.6 Å². The number of anilines is 1. The van der Waals surface area contributed by atoms with Gasteiger partial charge in [0.15, 0.2) is 0 Å². The molecule has 1 heterocycles. The van der Waals surface area contributed by atoms with Gasteiger partial charge in [-0.25, -0.2) is 0 Å². The highest BCUT2D eigenvalue weighted by atomic mass is 16.2. The average Bonchev–Trinajstić information content (AvgIpc) is 2.70. The van der Waals surface area contributed by atoms with Gasteiger partial charge in [0.05, 0.1) is 6.54 Å². The minimum absolute atomic E-state index is 0.0854. The Bertz CT molecular complexity index is 723. The molecule has 0 radical (unpaired) electrons. The summed E-state index contributed by atoms with van der Waals surface area (Å²) in [4.78, 5) is 17.3. The number of hydrogen-bond donors (Lipinski definition) is 1. The molecule has 2 aromatic carbocycles. The third-order valence-electron chi connectivity index (χ3n) is 5.46. The van der Waals surface area contributed by atoms with Crippen molar-refractivity contribution >= 4 is 11.6 Å². The van der Waals surface area contributed by atoms with E-state index in [9.17, 15) is 4.79 Å². The van der Waals surface area contributed by atoms with Crippen molar-refractivity contribution in [2.45, 2.75) is 32.7 Å². The summed E-state index contributed by atoms with van der Waals surface area (Å²) in [6.07, 6.45) is 1.07.